The maximum Gasteiger partial charge on any atom is 1.00 e. The number of alkyl halides is 3. The van der Waals surface area contributed by atoms with E-state index in [1.165, 1.54) is 12.1 Å². The molecule has 0 unspecified atom stereocenters. The molecule has 2 nitrogen and oxygen atoms in total. The Balaban J connectivity index is 0.00000361. The Bertz CT molecular complexity index is 487. The van der Waals surface area contributed by atoms with Crippen molar-refractivity contribution in [2.24, 2.45) is 10.4 Å². The third kappa shape index (κ3) is 5.85. The van der Waals surface area contributed by atoms with E-state index < -0.39 is 23.1 Å². The summed E-state index contributed by atoms with van der Waals surface area (Å²) in [4.78, 5) is 3.50. The fraction of sp³-hybridized carbons (Fsp3) is 0.357. The molecule has 0 saturated heterocycles. The van der Waals surface area contributed by atoms with Gasteiger partial charge in [0.25, 0.3) is 0 Å². The zero-order valence-corrected chi connectivity index (χ0v) is 12.0. The molecule has 104 valence electrons. The first kappa shape index (κ1) is 18.8. The van der Waals surface area contributed by atoms with Crippen LogP contribution in [-0.2, 0) is 0 Å². The van der Waals surface area contributed by atoms with E-state index in [0.717, 1.165) is 0 Å². The quantitative estimate of drug-likeness (QED) is 0.443. The number of halogens is 3. The minimum atomic E-state index is -4.66. The van der Waals surface area contributed by atoms with Gasteiger partial charge < -0.3 is 5.11 Å². The Kier molecular flexibility index (Phi) is 6.59. The summed E-state index contributed by atoms with van der Waals surface area (Å²) in [6, 6.07) is 7.73. The average molecular weight is 277 g/mol. The Morgan fingerprint density at radius 1 is 1.10 bits per heavy atom. The van der Waals surface area contributed by atoms with Crippen LogP contribution in [0.25, 0.3) is 0 Å². The van der Waals surface area contributed by atoms with Crippen LogP contribution in [0.2, 0.25) is 0 Å². The summed E-state index contributed by atoms with van der Waals surface area (Å²) in [5.41, 5.74) is -1.89. The fourth-order valence-electron chi connectivity index (χ4n) is 1.16. The first-order valence-corrected chi connectivity index (χ1v) is 5.71. The smallest absolute Gasteiger partial charge is 0.875 e. The summed E-state index contributed by atoms with van der Waals surface area (Å²) >= 11 is 0. The van der Waals surface area contributed by atoms with E-state index in [0.29, 0.717) is 6.08 Å². The van der Waals surface area contributed by atoms with Gasteiger partial charge in [0.2, 0.25) is 0 Å². The summed E-state index contributed by atoms with van der Waals surface area (Å²) in [6.45, 7) is 4.67. The molecule has 0 atom stereocenters. The topological polar surface area (TPSA) is 35.4 Å². The number of para-hydroxylation sites is 1. The molecule has 1 aromatic rings. The zero-order chi connectivity index (χ0) is 14.7. The van der Waals surface area contributed by atoms with Crippen LogP contribution in [0.5, 0.6) is 0 Å². The second-order valence-corrected chi connectivity index (χ2v) is 5.09. The number of allylic oxidation sites excluding steroid dienone is 2. The van der Waals surface area contributed by atoms with Crippen LogP contribution in [0, 0.1) is 5.41 Å². The summed E-state index contributed by atoms with van der Waals surface area (Å²) < 4.78 is 38.5. The van der Waals surface area contributed by atoms with Crippen molar-refractivity contribution in [2.75, 3.05) is 0 Å². The van der Waals surface area contributed by atoms with Crippen molar-refractivity contribution in [3.05, 3.63) is 42.2 Å². The van der Waals surface area contributed by atoms with Crippen LogP contribution >= 0.6 is 0 Å². The van der Waals surface area contributed by atoms with Crippen molar-refractivity contribution in [1.29, 1.82) is 0 Å². The van der Waals surface area contributed by atoms with Crippen molar-refractivity contribution >= 4 is 11.4 Å². The van der Waals surface area contributed by atoms with Gasteiger partial charge in [0, 0.05) is 0 Å². The van der Waals surface area contributed by atoms with Gasteiger partial charge in [-0.2, -0.15) is 13.2 Å². The van der Waals surface area contributed by atoms with Crippen molar-refractivity contribution in [3.63, 3.8) is 0 Å². The molecule has 6 heteroatoms. The Morgan fingerprint density at radius 2 is 1.60 bits per heavy atom. The Labute approximate surface area is 128 Å². The van der Waals surface area contributed by atoms with Gasteiger partial charge in [0.15, 0.2) is 0 Å². The number of benzene rings is 1. The standard InChI is InChI=1S/C14H16F3NO.Li/c1-13(2,3)12(19)9-11(14(15,16)17)18-10-7-5-4-6-8-10;/h4-9,19H,1-3H3;/q;+1/p-1/b12-9-,18-11?;. The van der Waals surface area contributed by atoms with E-state index in [2.05, 4.69) is 4.99 Å². The van der Waals surface area contributed by atoms with E-state index in [1.54, 1.807) is 39.0 Å². The summed E-state index contributed by atoms with van der Waals surface area (Å²) in [5.74, 6) is -0.612. The average Bonchev–Trinajstić information content (AvgIpc) is 2.27. The van der Waals surface area contributed by atoms with Crippen molar-refractivity contribution in [3.8, 4) is 0 Å². The molecule has 0 aromatic heterocycles. The molecule has 0 spiro atoms. The summed E-state index contributed by atoms with van der Waals surface area (Å²) in [7, 11) is 0. The SMILES string of the molecule is CC(C)(C)/C([O-])=C/C(=Nc1ccccc1)C(F)(F)F.[Li+]. The molecule has 1 rings (SSSR count). The van der Waals surface area contributed by atoms with Gasteiger partial charge in [-0.3, -0.25) is 0 Å². The maximum atomic E-state index is 12.8. The molecule has 20 heavy (non-hydrogen) atoms. The minimum Gasteiger partial charge on any atom is -0.875 e. The van der Waals surface area contributed by atoms with Gasteiger partial charge in [0.05, 0.1) is 5.69 Å². The molecule has 0 radical (unpaired) electrons. The second-order valence-electron chi connectivity index (χ2n) is 5.09. The summed E-state index contributed by atoms with van der Waals surface area (Å²) in [5, 5.41) is 11.7. The number of hydrogen-bond donors (Lipinski definition) is 0. The molecule has 0 aliphatic rings. The van der Waals surface area contributed by atoms with E-state index >= 15 is 0 Å². The predicted octanol–water partition coefficient (Wildman–Crippen LogP) is 0.616. The molecule has 0 aliphatic heterocycles. The van der Waals surface area contributed by atoms with E-state index in [1.807, 2.05) is 0 Å². The number of rotatable bonds is 2. The molecule has 0 bridgehead atoms. The van der Waals surface area contributed by atoms with Crippen LogP contribution < -0.4 is 24.0 Å². The molecule has 0 amide bonds. The summed E-state index contributed by atoms with van der Waals surface area (Å²) in [6.07, 6.45) is -4.09. The van der Waals surface area contributed by atoms with Gasteiger partial charge in [-0.05, 0) is 23.6 Å². The second kappa shape index (κ2) is 7.01. The maximum absolute atomic E-state index is 12.8. The van der Waals surface area contributed by atoms with E-state index in [-0.39, 0.29) is 24.5 Å². The zero-order valence-electron chi connectivity index (χ0n) is 12.0. The van der Waals surface area contributed by atoms with Gasteiger partial charge in [-0.15, -0.1) is 5.76 Å². The van der Waals surface area contributed by atoms with Crippen molar-refractivity contribution in [1.82, 2.24) is 0 Å². The van der Waals surface area contributed by atoms with Crippen LogP contribution in [0.3, 0.4) is 0 Å². The van der Waals surface area contributed by atoms with E-state index in [4.69, 9.17) is 0 Å². The van der Waals surface area contributed by atoms with Gasteiger partial charge in [0.1, 0.15) is 5.71 Å². The molecule has 0 saturated carbocycles. The molecule has 0 fully saturated rings. The van der Waals surface area contributed by atoms with Crippen LogP contribution in [0.1, 0.15) is 20.8 Å². The van der Waals surface area contributed by atoms with Gasteiger partial charge >= 0.3 is 25.0 Å². The number of nitrogens with zero attached hydrogens (tertiary/aromatic N) is 1. The number of aliphatic imine (C=N–C) groups is 1. The van der Waals surface area contributed by atoms with Gasteiger partial charge in [-0.25, -0.2) is 4.99 Å². The molecule has 1 aromatic carbocycles. The first-order chi connectivity index (χ1) is 8.60. The van der Waals surface area contributed by atoms with Crippen LogP contribution in [-0.4, -0.2) is 11.9 Å². The van der Waals surface area contributed by atoms with Crippen molar-refractivity contribution < 1.29 is 37.1 Å². The molecule has 0 heterocycles. The first-order valence-electron chi connectivity index (χ1n) is 5.71. The largest absolute Gasteiger partial charge is 1.00 e. The Hall–Kier alpha value is -1.18. The fourth-order valence-corrected chi connectivity index (χ4v) is 1.16. The van der Waals surface area contributed by atoms with Crippen molar-refractivity contribution in [2.45, 2.75) is 26.9 Å². The molecule has 0 N–H and O–H groups in total. The minimum absolute atomic E-state index is 0. The van der Waals surface area contributed by atoms with Crippen LogP contribution in [0.4, 0.5) is 18.9 Å². The monoisotopic (exact) mass is 277 g/mol. The third-order valence-electron chi connectivity index (χ3n) is 2.30. The third-order valence-corrected chi connectivity index (χ3v) is 2.30. The van der Waals surface area contributed by atoms with E-state index in [9.17, 15) is 18.3 Å². The predicted molar refractivity (Wildman–Crippen MR) is 67.1 cm³/mol. The molecule has 0 aliphatic carbocycles. The van der Waals surface area contributed by atoms with Crippen LogP contribution in [0.15, 0.2) is 47.2 Å². The molecular formula is C14H15F3LiNO. The Morgan fingerprint density at radius 3 is 2.00 bits per heavy atom. The molecular weight excluding hydrogens is 262 g/mol. The van der Waals surface area contributed by atoms with Gasteiger partial charge in [-0.1, -0.05) is 39.0 Å². The number of hydrogen-bond acceptors (Lipinski definition) is 2. The normalized spacial score (nSPS) is 13.9.